The van der Waals surface area contributed by atoms with Crippen molar-refractivity contribution in [3.63, 3.8) is 0 Å². The van der Waals surface area contributed by atoms with Crippen LogP contribution in [0.5, 0.6) is 0 Å². The summed E-state index contributed by atoms with van der Waals surface area (Å²) in [6.45, 7) is 0. The highest BCUT2D eigenvalue weighted by Gasteiger charge is 2.50. The molecule has 4 rings (SSSR count). The number of fused-ring (bicyclic) bond motifs is 3. The molecule has 2 nitrogen and oxygen atoms in total. The van der Waals surface area contributed by atoms with Gasteiger partial charge in [0.15, 0.2) is 11.6 Å². The Morgan fingerprint density at radius 2 is 1.55 bits per heavy atom. The van der Waals surface area contributed by atoms with Gasteiger partial charge in [-0.3, -0.25) is 9.59 Å². The Morgan fingerprint density at radius 1 is 0.864 bits per heavy atom. The Kier molecular flexibility index (Phi) is 2.86. The number of carbonyl (C=O) groups excluding carboxylic acids is 2. The molecular formula is C20H16O2. The molecule has 2 aromatic carbocycles. The van der Waals surface area contributed by atoms with Gasteiger partial charge in [0.05, 0.1) is 5.41 Å². The van der Waals surface area contributed by atoms with Gasteiger partial charge in [0.25, 0.3) is 0 Å². The minimum Gasteiger partial charge on any atom is -0.295 e. The van der Waals surface area contributed by atoms with Crippen molar-refractivity contribution >= 4 is 17.1 Å². The summed E-state index contributed by atoms with van der Waals surface area (Å²) < 4.78 is 0. The van der Waals surface area contributed by atoms with Gasteiger partial charge in [-0.15, -0.1) is 0 Å². The second-order valence-corrected chi connectivity index (χ2v) is 6.14. The van der Waals surface area contributed by atoms with Gasteiger partial charge in [-0.25, -0.2) is 0 Å². The number of Topliss-reactive ketones (excluding diaryl/α,β-unsaturated/α-hetero) is 1. The monoisotopic (exact) mass is 288 g/mol. The third-order valence-electron chi connectivity index (χ3n) is 4.86. The number of ketones is 2. The normalized spacial score (nSPS) is 23.0. The lowest BCUT2D eigenvalue weighted by Crippen LogP contribution is -2.33. The van der Waals surface area contributed by atoms with Gasteiger partial charge >= 0.3 is 0 Å². The predicted molar refractivity (Wildman–Crippen MR) is 85.6 cm³/mol. The van der Waals surface area contributed by atoms with E-state index in [1.54, 1.807) is 6.08 Å². The van der Waals surface area contributed by atoms with Crippen LogP contribution in [0.1, 0.15) is 34.3 Å². The Labute approximate surface area is 129 Å². The van der Waals surface area contributed by atoms with Crippen LogP contribution in [-0.4, -0.2) is 11.6 Å². The standard InChI is InChI=1S/C20H16O2/c21-15-10-11-20(13-14-6-2-1-3-7-14)18(12-15)16-8-4-5-9-17(16)19(20)22/h1-9,12H,10-11,13H2/t20-/m0/s1. The molecule has 0 saturated heterocycles. The van der Waals surface area contributed by atoms with Gasteiger partial charge in [0.1, 0.15) is 0 Å². The zero-order valence-corrected chi connectivity index (χ0v) is 12.2. The van der Waals surface area contributed by atoms with E-state index in [0.717, 1.165) is 22.3 Å². The van der Waals surface area contributed by atoms with Crippen LogP contribution in [0.2, 0.25) is 0 Å². The van der Waals surface area contributed by atoms with Crippen molar-refractivity contribution in [2.24, 2.45) is 5.41 Å². The van der Waals surface area contributed by atoms with E-state index in [2.05, 4.69) is 12.1 Å². The highest BCUT2D eigenvalue weighted by Crippen LogP contribution is 2.53. The maximum absolute atomic E-state index is 13.1. The van der Waals surface area contributed by atoms with Crippen LogP contribution in [0.15, 0.2) is 60.7 Å². The van der Waals surface area contributed by atoms with Gasteiger partial charge in [-0.2, -0.15) is 0 Å². The first-order valence-electron chi connectivity index (χ1n) is 7.64. The van der Waals surface area contributed by atoms with Gasteiger partial charge < -0.3 is 0 Å². The summed E-state index contributed by atoms with van der Waals surface area (Å²) in [6, 6.07) is 17.8. The summed E-state index contributed by atoms with van der Waals surface area (Å²) in [5.41, 5.74) is 3.21. The fourth-order valence-corrected chi connectivity index (χ4v) is 3.80. The second-order valence-electron chi connectivity index (χ2n) is 6.14. The van der Waals surface area contributed by atoms with Crippen LogP contribution >= 0.6 is 0 Å². The number of carbonyl (C=O) groups is 2. The summed E-state index contributed by atoms with van der Waals surface area (Å²) in [5, 5.41) is 0. The zero-order valence-electron chi connectivity index (χ0n) is 12.2. The van der Waals surface area contributed by atoms with E-state index < -0.39 is 5.41 Å². The van der Waals surface area contributed by atoms with E-state index in [-0.39, 0.29) is 11.6 Å². The lowest BCUT2D eigenvalue weighted by Gasteiger charge is -2.32. The first-order valence-corrected chi connectivity index (χ1v) is 7.64. The first-order chi connectivity index (χ1) is 10.7. The predicted octanol–water partition coefficient (Wildman–Crippen LogP) is 3.86. The third kappa shape index (κ3) is 1.80. The Hall–Kier alpha value is -2.48. The van der Waals surface area contributed by atoms with Crippen LogP contribution < -0.4 is 0 Å². The summed E-state index contributed by atoms with van der Waals surface area (Å²) >= 11 is 0. The van der Waals surface area contributed by atoms with Crippen LogP contribution in [0, 0.1) is 5.41 Å². The molecule has 0 aromatic heterocycles. The topological polar surface area (TPSA) is 34.1 Å². The molecule has 0 heterocycles. The van der Waals surface area contributed by atoms with Crippen molar-refractivity contribution < 1.29 is 9.59 Å². The van der Waals surface area contributed by atoms with Gasteiger partial charge in [-0.1, -0.05) is 54.6 Å². The van der Waals surface area contributed by atoms with Crippen LogP contribution in [0.3, 0.4) is 0 Å². The minimum absolute atomic E-state index is 0.128. The van der Waals surface area contributed by atoms with E-state index in [1.165, 1.54) is 0 Å². The molecule has 0 bridgehead atoms. The smallest absolute Gasteiger partial charge is 0.174 e. The molecule has 0 saturated carbocycles. The van der Waals surface area contributed by atoms with E-state index in [0.29, 0.717) is 19.3 Å². The van der Waals surface area contributed by atoms with Crippen molar-refractivity contribution in [3.05, 3.63) is 77.4 Å². The van der Waals surface area contributed by atoms with Crippen LogP contribution in [0.25, 0.3) is 5.57 Å². The number of rotatable bonds is 2. The maximum atomic E-state index is 13.1. The molecule has 1 atom stereocenters. The lowest BCUT2D eigenvalue weighted by molar-refractivity contribution is -0.115. The van der Waals surface area contributed by atoms with Gasteiger partial charge in [0, 0.05) is 12.0 Å². The minimum atomic E-state index is -0.557. The number of allylic oxidation sites excluding steroid dienone is 2. The number of hydrogen-bond donors (Lipinski definition) is 0. The highest BCUT2D eigenvalue weighted by atomic mass is 16.1. The molecule has 0 aliphatic heterocycles. The molecule has 108 valence electrons. The van der Waals surface area contributed by atoms with E-state index in [4.69, 9.17) is 0 Å². The van der Waals surface area contributed by atoms with Crippen molar-refractivity contribution in [1.29, 1.82) is 0 Å². The summed E-state index contributed by atoms with van der Waals surface area (Å²) in [7, 11) is 0. The Morgan fingerprint density at radius 3 is 2.32 bits per heavy atom. The molecule has 2 heteroatoms. The summed E-state index contributed by atoms with van der Waals surface area (Å²) in [6.07, 6.45) is 3.44. The first kappa shape index (κ1) is 13.2. The van der Waals surface area contributed by atoms with Gasteiger partial charge in [0.2, 0.25) is 0 Å². The Balaban J connectivity index is 1.89. The maximum Gasteiger partial charge on any atom is 0.174 e. The molecule has 2 aromatic rings. The molecule has 0 N–H and O–H groups in total. The molecule has 0 amide bonds. The SMILES string of the molecule is O=C1C=C2c3ccccc3C(=O)[C@]2(Cc2ccccc2)CC1. The van der Waals surface area contributed by atoms with Crippen molar-refractivity contribution in [2.45, 2.75) is 19.3 Å². The molecule has 0 unspecified atom stereocenters. The second kappa shape index (κ2) is 4.77. The largest absolute Gasteiger partial charge is 0.295 e. The lowest BCUT2D eigenvalue weighted by atomic mass is 9.68. The molecule has 0 fully saturated rings. The number of benzene rings is 2. The molecular weight excluding hydrogens is 272 g/mol. The molecule has 0 spiro atoms. The highest BCUT2D eigenvalue weighted by molar-refractivity contribution is 6.20. The van der Waals surface area contributed by atoms with Crippen LogP contribution in [-0.2, 0) is 11.2 Å². The average Bonchev–Trinajstić information content (AvgIpc) is 2.79. The fourth-order valence-electron chi connectivity index (χ4n) is 3.80. The van der Waals surface area contributed by atoms with Crippen molar-refractivity contribution in [2.75, 3.05) is 0 Å². The average molecular weight is 288 g/mol. The third-order valence-corrected chi connectivity index (χ3v) is 4.86. The number of hydrogen-bond acceptors (Lipinski definition) is 2. The van der Waals surface area contributed by atoms with E-state index in [1.807, 2.05) is 42.5 Å². The van der Waals surface area contributed by atoms with E-state index in [9.17, 15) is 9.59 Å². The molecule has 2 aliphatic rings. The molecule has 22 heavy (non-hydrogen) atoms. The van der Waals surface area contributed by atoms with Crippen molar-refractivity contribution in [1.82, 2.24) is 0 Å². The summed E-state index contributed by atoms with van der Waals surface area (Å²) in [4.78, 5) is 25.0. The van der Waals surface area contributed by atoms with Crippen molar-refractivity contribution in [3.8, 4) is 0 Å². The zero-order chi connectivity index (χ0) is 15.2. The Bertz CT molecular complexity index is 801. The molecule has 2 aliphatic carbocycles. The quantitative estimate of drug-likeness (QED) is 0.841. The van der Waals surface area contributed by atoms with Crippen LogP contribution in [0.4, 0.5) is 0 Å². The summed E-state index contributed by atoms with van der Waals surface area (Å²) in [5.74, 6) is 0.300. The van der Waals surface area contributed by atoms with Gasteiger partial charge in [-0.05, 0) is 35.6 Å². The van der Waals surface area contributed by atoms with E-state index >= 15 is 0 Å². The molecule has 0 radical (unpaired) electrons. The fraction of sp³-hybridized carbons (Fsp3) is 0.200.